The summed E-state index contributed by atoms with van der Waals surface area (Å²) in [5.41, 5.74) is 0. The van der Waals surface area contributed by atoms with Gasteiger partial charge in [-0.25, -0.2) is 0 Å². The largest absolute Gasteiger partial charge is 0.393 e. The van der Waals surface area contributed by atoms with Crippen LogP contribution in [0, 0.1) is 23.7 Å². The first-order valence-corrected chi connectivity index (χ1v) is 10.5. The molecule has 1 nitrogen and oxygen atoms in total. The Hall–Kier alpha value is 0.440. The molecule has 0 saturated heterocycles. The first kappa shape index (κ1) is 16.3. The quantitative estimate of drug-likeness (QED) is 0.644. The van der Waals surface area contributed by atoms with Gasteiger partial charge in [0.2, 0.25) is 0 Å². The van der Waals surface area contributed by atoms with Crippen molar-refractivity contribution in [2.75, 3.05) is 0 Å². The molecule has 3 aliphatic rings. The second kappa shape index (κ2) is 7.81. The lowest BCUT2D eigenvalue weighted by Crippen LogP contribution is -2.35. The molecule has 3 fully saturated rings. The predicted molar refractivity (Wildman–Crippen MR) is 92.7 cm³/mol. The Morgan fingerprint density at radius 1 is 0.619 bits per heavy atom. The van der Waals surface area contributed by atoms with Crippen molar-refractivity contribution in [3.8, 4) is 0 Å². The third kappa shape index (κ3) is 4.25. The zero-order chi connectivity index (χ0) is 14.7. The van der Waals surface area contributed by atoms with Crippen LogP contribution in [0.4, 0.5) is 0 Å². The number of hydrogen-bond donors (Lipinski definition) is 1. The Morgan fingerprint density at radius 2 is 1.10 bits per heavy atom. The minimum atomic E-state index is 0.0181. The molecule has 0 heterocycles. The van der Waals surface area contributed by atoms with Gasteiger partial charge in [0.15, 0.2) is 0 Å². The number of aliphatic hydroxyl groups excluding tert-OH is 1. The van der Waals surface area contributed by atoms with E-state index in [9.17, 15) is 5.11 Å². The van der Waals surface area contributed by atoms with E-state index in [2.05, 4.69) is 15.9 Å². The number of aliphatic hydroxyl groups is 1. The molecule has 0 radical (unpaired) electrons. The first-order valence-electron chi connectivity index (χ1n) is 9.56. The summed E-state index contributed by atoms with van der Waals surface area (Å²) < 4.78 is 0. The van der Waals surface area contributed by atoms with Gasteiger partial charge in [-0.1, -0.05) is 35.2 Å². The highest BCUT2D eigenvalue weighted by atomic mass is 79.9. The molecule has 2 heteroatoms. The molecular formula is C19H33BrO. The van der Waals surface area contributed by atoms with Gasteiger partial charge in [0, 0.05) is 4.83 Å². The summed E-state index contributed by atoms with van der Waals surface area (Å²) in [7, 11) is 0. The van der Waals surface area contributed by atoms with E-state index in [-0.39, 0.29) is 6.10 Å². The van der Waals surface area contributed by atoms with E-state index in [0.29, 0.717) is 11.8 Å². The minimum absolute atomic E-state index is 0.0181. The third-order valence-corrected chi connectivity index (χ3v) is 7.72. The molecule has 3 aliphatic carbocycles. The van der Waals surface area contributed by atoms with Crippen LogP contribution >= 0.6 is 15.9 Å². The smallest absolute Gasteiger partial charge is 0.0596 e. The second-order valence-electron chi connectivity index (χ2n) is 8.08. The van der Waals surface area contributed by atoms with Gasteiger partial charge < -0.3 is 5.11 Å². The number of halogens is 1. The van der Waals surface area contributed by atoms with Crippen LogP contribution in [0.2, 0.25) is 0 Å². The fraction of sp³-hybridized carbons (Fsp3) is 1.00. The lowest BCUT2D eigenvalue weighted by molar-refractivity contribution is 0.00606. The van der Waals surface area contributed by atoms with Crippen molar-refractivity contribution >= 4 is 15.9 Å². The van der Waals surface area contributed by atoms with Crippen molar-refractivity contribution in [2.45, 2.75) is 94.4 Å². The molecule has 0 aliphatic heterocycles. The van der Waals surface area contributed by atoms with Crippen LogP contribution in [-0.4, -0.2) is 16.0 Å². The van der Waals surface area contributed by atoms with E-state index in [1.54, 1.807) is 0 Å². The molecule has 0 bridgehead atoms. The van der Waals surface area contributed by atoms with Gasteiger partial charge >= 0.3 is 0 Å². The van der Waals surface area contributed by atoms with Crippen LogP contribution in [0.3, 0.4) is 0 Å². The van der Waals surface area contributed by atoms with E-state index in [4.69, 9.17) is 0 Å². The normalized spacial score (nSPS) is 40.9. The fourth-order valence-corrected chi connectivity index (χ4v) is 5.90. The van der Waals surface area contributed by atoms with Crippen molar-refractivity contribution in [2.24, 2.45) is 23.7 Å². The van der Waals surface area contributed by atoms with E-state index in [1.807, 2.05) is 0 Å². The van der Waals surface area contributed by atoms with Gasteiger partial charge in [-0.05, 0) is 87.9 Å². The summed E-state index contributed by atoms with van der Waals surface area (Å²) >= 11 is 3.78. The van der Waals surface area contributed by atoms with E-state index in [0.717, 1.165) is 16.7 Å². The van der Waals surface area contributed by atoms with E-state index >= 15 is 0 Å². The highest BCUT2D eigenvalue weighted by molar-refractivity contribution is 9.09. The van der Waals surface area contributed by atoms with Gasteiger partial charge in [-0.15, -0.1) is 0 Å². The molecule has 0 aromatic carbocycles. The van der Waals surface area contributed by atoms with Crippen molar-refractivity contribution in [3.05, 3.63) is 0 Å². The summed E-state index contributed by atoms with van der Waals surface area (Å²) in [5, 5.41) is 10.7. The summed E-state index contributed by atoms with van der Waals surface area (Å²) in [6.07, 6.45) is 17.7. The van der Waals surface area contributed by atoms with E-state index in [1.165, 1.54) is 83.5 Å². The van der Waals surface area contributed by atoms with Crippen molar-refractivity contribution in [1.29, 1.82) is 0 Å². The van der Waals surface area contributed by atoms with Gasteiger partial charge in [0.25, 0.3) is 0 Å². The number of hydrogen-bond acceptors (Lipinski definition) is 1. The van der Waals surface area contributed by atoms with Crippen LogP contribution in [0.15, 0.2) is 0 Å². The summed E-state index contributed by atoms with van der Waals surface area (Å²) in [5.74, 6) is 3.22. The Bertz CT molecular complexity index is 297. The molecule has 3 rings (SSSR count). The molecule has 1 unspecified atom stereocenters. The molecule has 0 spiro atoms. The highest BCUT2D eigenvalue weighted by Gasteiger charge is 2.35. The fourth-order valence-electron chi connectivity index (χ4n) is 5.37. The van der Waals surface area contributed by atoms with Crippen molar-refractivity contribution < 1.29 is 5.11 Å². The SMILES string of the molecule is OC(C1CCCCC1)C1CCC(C2CCC(Br)CC2)CC1. The minimum Gasteiger partial charge on any atom is -0.393 e. The van der Waals surface area contributed by atoms with E-state index < -0.39 is 0 Å². The van der Waals surface area contributed by atoms with Crippen LogP contribution in [0.5, 0.6) is 0 Å². The summed E-state index contributed by atoms with van der Waals surface area (Å²) in [4.78, 5) is 0.790. The van der Waals surface area contributed by atoms with Crippen LogP contribution < -0.4 is 0 Å². The Morgan fingerprint density at radius 3 is 1.67 bits per heavy atom. The van der Waals surface area contributed by atoms with Gasteiger partial charge in [-0.2, -0.15) is 0 Å². The summed E-state index contributed by atoms with van der Waals surface area (Å²) in [6.45, 7) is 0. The average Bonchev–Trinajstić information content (AvgIpc) is 2.56. The Labute approximate surface area is 139 Å². The summed E-state index contributed by atoms with van der Waals surface area (Å²) in [6, 6.07) is 0. The van der Waals surface area contributed by atoms with Gasteiger partial charge in [-0.3, -0.25) is 0 Å². The molecule has 3 saturated carbocycles. The van der Waals surface area contributed by atoms with Gasteiger partial charge in [0.05, 0.1) is 6.10 Å². The maximum atomic E-state index is 10.7. The maximum absolute atomic E-state index is 10.7. The highest BCUT2D eigenvalue weighted by Crippen LogP contribution is 2.43. The first-order chi connectivity index (χ1) is 10.2. The van der Waals surface area contributed by atoms with Crippen molar-refractivity contribution in [3.63, 3.8) is 0 Å². The molecule has 122 valence electrons. The van der Waals surface area contributed by atoms with Crippen LogP contribution in [0.1, 0.15) is 83.5 Å². The zero-order valence-electron chi connectivity index (χ0n) is 13.5. The Balaban J connectivity index is 1.44. The monoisotopic (exact) mass is 356 g/mol. The molecule has 1 N–H and O–H groups in total. The maximum Gasteiger partial charge on any atom is 0.0596 e. The van der Waals surface area contributed by atoms with Gasteiger partial charge in [0.1, 0.15) is 0 Å². The standard InChI is InChI=1S/C19H33BrO/c20-18-12-10-15(11-13-18)14-6-8-17(9-7-14)19(21)16-4-2-1-3-5-16/h14-19,21H,1-13H2. The van der Waals surface area contributed by atoms with Crippen LogP contribution in [0.25, 0.3) is 0 Å². The molecule has 0 aromatic heterocycles. The lowest BCUT2D eigenvalue weighted by Gasteiger charge is -2.40. The molecular weight excluding hydrogens is 324 g/mol. The molecule has 1 atom stereocenters. The molecule has 21 heavy (non-hydrogen) atoms. The zero-order valence-corrected chi connectivity index (χ0v) is 15.1. The predicted octanol–water partition coefficient (Wildman–Crippen LogP) is 5.69. The lowest BCUT2D eigenvalue weighted by atomic mass is 9.68. The number of rotatable bonds is 3. The topological polar surface area (TPSA) is 20.2 Å². The number of alkyl halides is 1. The van der Waals surface area contributed by atoms with Crippen LogP contribution in [-0.2, 0) is 0 Å². The molecule has 0 aromatic rings. The third-order valence-electron chi connectivity index (χ3n) is 6.80. The Kier molecular flexibility index (Phi) is 6.07. The second-order valence-corrected chi connectivity index (χ2v) is 9.37. The molecule has 0 amide bonds. The van der Waals surface area contributed by atoms with Crippen molar-refractivity contribution in [1.82, 2.24) is 0 Å². The average molecular weight is 357 g/mol.